The predicted molar refractivity (Wildman–Crippen MR) is 114 cm³/mol. The number of carbonyl (C=O) groups excluding carboxylic acids is 1. The molecule has 0 saturated carbocycles. The number of nitrogens with one attached hydrogen (secondary N) is 1. The molecule has 6 heteroatoms. The normalized spacial score (nSPS) is 19.7. The monoisotopic (exact) mass is 395 g/mol. The fourth-order valence-electron chi connectivity index (χ4n) is 3.63. The van der Waals surface area contributed by atoms with E-state index in [0.29, 0.717) is 19.4 Å². The van der Waals surface area contributed by atoms with E-state index >= 15 is 0 Å². The summed E-state index contributed by atoms with van der Waals surface area (Å²) in [5, 5.41) is 14.4. The molecule has 28 heavy (non-hydrogen) atoms. The molecule has 0 radical (unpaired) electrons. The second kappa shape index (κ2) is 8.71. The molecule has 0 spiro atoms. The molecular weight excluding hydrogens is 370 g/mol. The minimum atomic E-state index is -0.510. The summed E-state index contributed by atoms with van der Waals surface area (Å²) in [4.78, 5) is 19.3. The minimum absolute atomic E-state index is 0.00568. The number of para-hydroxylation sites is 1. The zero-order valence-electron chi connectivity index (χ0n) is 15.8. The Balaban J connectivity index is 1.32. The number of piperidine rings is 1. The zero-order valence-corrected chi connectivity index (χ0v) is 16.6. The number of rotatable bonds is 6. The number of thiazole rings is 1. The van der Waals surface area contributed by atoms with Crippen LogP contribution in [-0.4, -0.2) is 41.2 Å². The van der Waals surface area contributed by atoms with Crippen LogP contribution in [0, 0.1) is 0 Å². The van der Waals surface area contributed by atoms with Crippen LogP contribution >= 0.6 is 11.3 Å². The number of nitrogens with zero attached hydrogens (tertiary/aromatic N) is 2. The second-order valence-corrected chi connectivity index (χ2v) is 8.29. The highest BCUT2D eigenvalue weighted by Gasteiger charge is 2.30. The van der Waals surface area contributed by atoms with Gasteiger partial charge in [-0.25, -0.2) is 4.98 Å². The molecule has 5 nitrogen and oxygen atoms in total. The number of aryl methyl sites for hydroxylation is 1. The summed E-state index contributed by atoms with van der Waals surface area (Å²) in [6.45, 7) is 1.34. The van der Waals surface area contributed by atoms with Crippen molar-refractivity contribution in [2.75, 3.05) is 18.0 Å². The Morgan fingerprint density at radius 1 is 1.18 bits per heavy atom. The molecule has 2 heterocycles. The lowest BCUT2D eigenvalue weighted by molar-refractivity contribution is -0.122. The van der Waals surface area contributed by atoms with Gasteiger partial charge in [-0.05, 0) is 37.0 Å². The summed E-state index contributed by atoms with van der Waals surface area (Å²) < 4.78 is 1.16. The number of benzene rings is 2. The average Bonchev–Trinajstić information content (AvgIpc) is 3.15. The Morgan fingerprint density at radius 2 is 1.96 bits per heavy atom. The van der Waals surface area contributed by atoms with Crippen LogP contribution in [0.1, 0.15) is 24.8 Å². The maximum absolute atomic E-state index is 12.4. The first kappa shape index (κ1) is 18.9. The Kier molecular flexibility index (Phi) is 5.88. The van der Waals surface area contributed by atoms with E-state index in [1.165, 1.54) is 5.56 Å². The van der Waals surface area contributed by atoms with Gasteiger partial charge in [-0.3, -0.25) is 4.79 Å². The number of aromatic nitrogens is 1. The van der Waals surface area contributed by atoms with E-state index in [1.807, 2.05) is 36.4 Å². The van der Waals surface area contributed by atoms with Gasteiger partial charge in [0.2, 0.25) is 5.91 Å². The molecule has 1 saturated heterocycles. The topological polar surface area (TPSA) is 65.5 Å². The molecule has 2 N–H and O–H groups in total. The van der Waals surface area contributed by atoms with Crippen LogP contribution in [0.15, 0.2) is 54.6 Å². The molecule has 2 aromatic carbocycles. The number of aliphatic hydroxyl groups is 1. The van der Waals surface area contributed by atoms with Crippen LogP contribution in [0.2, 0.25) is 0 Å². The van der Waals surface area contributed by atoms with Gasteiger partial charge in [0.15, 0.2) is 5.13 Å². The SMILES string of the molecule is O=C(CCCc1ccccc1)N[C@@H]1CN(c2nc3ccccc3s2)CC[C@@H]1O. The van der Waals surface area contributed by atoms with Crippen LogP contribution in [0.25, 0.3) is 10.2 Å². The van der Waals surface area contributed by atoms with Crippen molar-refractivity contribution in [1.82, 2.24) is 10.3 Å². The number of amides is 1. The van der Waals surface area contributed by atoms with Crippen molar-refractivity contribution in [3.63, 3.8) is 0 Å². The van der Waals surface area contributed by atoms with Crippen molar-refractivity contribution in [2.45, 2.75) is 37.8 Å². The number of aliphatic hydroxyl groups excluding tert-OH is 1. The molecule has 3 aromatic rings. The van der Waals surface area contributed by atoms with Crippen molar-refractivity contribution in [3.8, 4) is 0 Å². The second-order valence-electron chi connectivity index (χ2n) is 7.28. The third-order valence-corrected chi connectivity index (χ3v) is 6.29. The van der Waals surface area contributed by atoms with E-state index in [0.717, 1.165) is 34.7 Å². The summed E-state index contributed by atoms with van der Waals surface area (Å²) >= 11 is 1.66. The van der Waals surface area contributed by atoms with Gasteiger partial charge in [0, 0.05) is 19.5 Å². The van der Waals surface area contributed by atoms with E-state index in [2.05, 4.69) is 28.4 Å². The maximum atomic E-state index is 12.4. The standard InChI is InChI=1S/C22H25N3O2S/c26-19-13-14-25(22-24-17-10-4-5-11-20(17)28-22)15-18(19)23-21(27)12-6-9-16-7-2-1-3-8-16/h1-5,7-8,10-11,18-19,26H,6,9,12-15H2,(H,23,27)/t18-,19+/m1/s1. The molecular formula is C22H25N3O2S. The van der Waals surface area contributed by atoms with Gasteiger partial charge >= 0.3 is 0 Å². The summed E-state index contributed by atoms with van der Waals surface area (Å²) in [5.41, 5.74) is 2.24. The molecule has 1 aliphatic heterocycles. The van der Waals surface area contributed by atoms with Crippen molar-refractivity contribution in [3.05, 3.63) is 60.2 Å². The third kappa shape index (κ3) is 4.51. The maximum Gasteiger partial charge on any atom is 0.220 e. The van der Waals surface area contributed by atoms with Crippen molar-refractivity contribution >= 4 is 32.6 Å². The number of carbonyl (C=O) groups is 1. The van der Waals surface area contributed by atoms with E-state index in [4.69, 9.17) is 4.98 Å². The Morgan fingerprint density at radius 3 is 2.79 bits per heavy atom. The van der Waals surface area contributed by atoms with Gasteiger partial charge in [-0.2, -0.15) is 0 Å². The summed E-state index contributed by atoms with van der Waals surface area (Å²) in [5.74, 6) is 0.00568. The van der Waals surface area contributed by atoms with Crippen LogP contribution in [-0.2, 0) is 11.2 Å². The highest BCUT2D eigenvalue weighted by Crippen LogP contribution is 2.30. The van der Waals surface area contributed by atoms with Crippen LogP contribution < -0.4 is 10.2 Å². The first-order valence-electron chi connectivity index (χ1n) is 9.81. The van der Waals surface area contributed by atoms with Crippen LogP contribution in [0.3, 0.4) is 0 Å². The third-order valence-electron chi connectivity index (χ3n) is 5.19. The molecule has 1 fully saturated rings. The minimum Gasteiger partial charge on any atom is -0.391 e. The molecule has 1 aromatic heterocycles. The predicted octanol–water partition coefficient (Wildman–Crippen LogP) is 3.38. The molecule has 1 amide bonds. The first-order chi connectivity index (χ1) is 13.7. The van der Waals surface area contributed by atoms with Gasteiger partial charge in [0.05, 0.1) is 22.4 Å². The van der Waals surface area contributed by atoms with Crippen LogP contribution in [0.4, 0.5) is 5.13 Å². The number of anilines is 1. The molecule has 0 unspecified atom stereocenters. The highest BCUT2D eigenvalue weighted by atomic mass is 32.1. The smallest absolute Gasteiger partial charge is 0.220 e. The largest absolute Gasteiger partial charge is 0.391 e. The van der Waals surface area contributed by atoms with E-state index in [1.54, 1.807) is 11.3 Å². The molecule has 1 aliphatic rings. The van der Waals surface area contributed by atoms with Crippen LogP contribution in [0.5, 0.6) is 0 Å². The van der Waals surface area contributed by atoms with E-state index < -0.39 is 6.10 Å². The van der Waals surface area contributed by atoms with Crippen molar-refractivity contribution in [2.24, 2.45) is 0 Å². The van der Waals surface area contributed by atoms with Gasteiger partial charge < -0.3 is 15.3 Å². The lowest BCUT2D eigenvalue weighted by Crippen LogP contribution is -2.55. The Labute approximate surface area is 169 Å². The average molecular weight is 396 g/mol. The summed E-state index contributed by atoms with van der Waals surface area (Å²) in [7, 11) is 0. The number of hydrogen-bond donors (Lipinski definition) is 2. The number of fused-ring (bicyclic) bond motifs is 1. The molecule has 0 aliphatic carbocycles. The quantitative estimate of drug-likeness (QED) is 0.672. The van der Waals surface area contributed by atoms with Gasteiger partial charge in [-0.15, -0.1) is 0 Å². The van der Waals surface area contributed by atoms with Gasteiger partial charge in [0.1, 0.15) is 0 Å². The molecule has 0 bridgehead atoms. The molecule has 4 rings (SSSR count). The first-order valence-corrected chi connectivity index (χ1v) is 10.6. The van der Waals surface area contributed by atoms with Gasteiger partial charge in [0.25, 0.3) is 0 Å². The lowest BCUT2D eigenvalue weighted by atomic mass is 10.0. The van der Waals surface area contributed by atoms with E-state index in [-0.39, 0.29) is 11.9 Å². The summed E-state index contributed by atoms with van der Waals surface area (Å²) in [6.07, 6.45) is 2.28. The Bertz CT molecular complexity index is 895. The lowest BCUT2D eigenvalue weighted by Gasteiger charge is -2.36. The Hall–Kier alpha value is -2.44. The van der Waals surface area contributed by atoms with Gasteiger partial charge in [-0.1, -0.05) is 53.8 Å². The van der Waals surface area contributed by atoms with E-state index in [9.17, 15) is 9.90 Å². The van der Waals surface area contributed by atoms with Crippen molar-refractivity contribution < 1.29 is 9.90 Å². The molecule has 2 atom stereocenters. The van der Waals surface area contributed by atoms with Crippen molar-refractivity contribution in [1.29, 1.82) is 0 Å². The zero-order chi connectivity index (χ0) is 19.3. The fraction of sp³-hybridized carbons (Fsp3) is 0.364. The fourth-order valence-corrected chi connectivity index (χ4v) is 4.63. The number of hydrogen-bond acceptors (Lipinski definition) is 5. The molecule has 146 valence electrons. The summed E-state index contributed by atoms with van der Waals surface area (Å²) in [6, 6.07) is 18.0. The highest BCUT2D eigenvalue weighted by molar-refractivity contribution is 7.22.